The number of aliphatic hydroxyl groups excluding tert-OH is 1. The Balaban J connectivity index is 2.78. The van der Waals surface area contributed by atoms with E-state index >= 15 is 0 Å². The minimum Gasteiger partial charge on any atom is -0.468 e. The molecule has 1 aromatic rings. The van der Waals surface area contributed by atoms with Gasteiger partial charge in [0.15, 0.2) is 0 Å². The van der Waals surface area contributed by atoms with E-state index in [1.165, 1.54) is 0 Å². The molecule has 0 spiro atoms. The van der Waals surface area contributed by atoms with Gasteiger partial charge < -0.3 is 15.3 Å². The van der Waals surface area contributed by atoms with Gasteiger partial charge in [-0.05, 0) is 12.1 Å². The zero-order valence-electron chi connectivity index (χ0n) is 7.45. The predicted octanol–water partition coefficient (Wildman–Crippen LogP) is 1.30. The highest BCUT2D eigenvalue weighted by Gasteiger charge is 2.28. The Labute approximate surface area is 72.2 Å². The average Bonchev–Trinajstić information content (AvgIpc) is 2.55. The summed E-state index contributed by atoms with van der Waals surface area (Å²) in [6.07, 6.45) is 1.59. The summed E-state index contributed by atoms with van der Waals surface area (Å²) in [4.78, 5) is 0. The molecule has 0 unspecified atom stereocenters. The van der Waals surface area contributed by atoms with Gasteiger partial charge >= 0.3 is 0 Å². The van der Waals surface area contributed by atoms with Crippen LogP contribution in [0.25, 0.3) is 0 Å². The number of aliphatic hydroxyl groups is 1. The third kappa shape index (κ3) is 1.68. The van der Waals surface area contributed by atoms with Crippen LogP contribution in [-0.4, -0.2) is 11.7 Å². The van der Waals surface area contributed by atoms with Crippen molar-refractivity contribution in [3.05, 3.63) is 24.2 Å². The van der Waals surface area contributed by atoms with Crippen LogP contribution < -0.4 is 5.73 Å². The molecule has 1 rings (SSSR count). The maximum Gasteiger partial charge on any atom is 0.121 e. The largest absolute Gasteiger partial charge is 0.468 e. The predicted molar refractivity (Wildman–Crippen MR) is 46.5 cm³/mol. The van der Waals surface area contributed by atoms with Crippen LogP contribution in [0.15, 0.2) is 22.8 Å². The van der Waals surface area contributed by atoms with Gasteiger partial charge in [-0.2, -0.15) is 0 Å². The van der Waals surface area contributed by atoms with Crippen LogP contribution in [0.5, 0.6) is 0 Å². The van der Waals surface area contributed by atoms with Gasteiger partial charge in [0.05, 0.1) is 18.9 Å². The molecule has 1 atom stereocenters. The molecule has 3 nitrogen and oxygen atoms in total. The average molecular weight is 169 g/mol. The smallest absolute Gasteiger partial charge is 0.121 e. The number of rotatable bonds is 3. The molecule has 1 aromatic heterocycles. The summed E-state index contributed by atoms with van der Waals surface area (Å²) in [7, 11) is 0. The van der Waals surface area contributed by atoms with Crippen molar-refractivity contribution in [2.75, 3.05) is 6.61 Å². The lowest BCUT2D eigenvalue weighted by atomic mass is 9.84. The van der Waals surface area contributed by atoms with Gasteiger partial charge in [-0.3, -0.25) is 0 Å². The van der Waals surface area contributed by atoms with E-state index in [2.05, 4.69) is 0 Å². The Hall–Kier alpha value is -0.800. The number of nitrogens with two attached hydrogens (primary N) is 1. The molecule has 0 radical (unpaired) electrons. The lowest BCUT2D eigenvalue weighted by Gasteiger charge is -2.27. The molecule has 0 saturated carbocycles. The normalized spacial score (nSPS) is 14.7. The Morgan fingerprint density at radius 2 is 2.33 bits per heavy atom. The molecule has 0 bridgehead atoms. The van der Waals surface area contributed by atoms with E-state index in [1.54, 1.807) is 12.3 Å². The Bertz CT molecular complexity index is 229. The Morgan fingerprint density at radius 3 is 2.75 bits per heavy atom. The van der Waals surface area contributed by atoms with Crippen molar-refractivity contribution in [3.63, 3.8) is 0 Å². The van der Waals surface area contributed by atoms with E-state index in [9.17, 15) is 0 Å². The molecule has 1 heterocycles. The van der Waals surface area contributed by atoms with Crippen LogP contribution in [0, 0.1) is 5.41 Å². The van der Waals surface area contributed by atoms with Gasteiger partial charge in [0.1, 0.15) is 5.76 Å². The zero-order chi connectivity index (χ0) is 9.19. The number of hydrogen-bond acceptors (Lipinski definition) is 3. The fourth-order valence-electron chi connectivity index (χ4n) is 0.952. The van der Waals surface area contributed by atoms with Crippen molar-refractivity contribution >= 4 is 0 Å². The van der Waals surface area contributed by atoms with Crippen LogP contribution in [0.4, 0.5) is 0 Å². The van der Waals surface area contributed by atoms with Crippen LogP contribution in [-0.2, 0) is 0 Å². The molecule has 0 amide bonds. The van der Waals surface area contributed by atoms with E-state index in [0.717, 1.165) is 0 Å². The minimum atomic E-state index is -0.335. The third-order valence-corrected chi connectivity index (χ3v) is 2.10. The highest BCUT2D eigenvalue weighted by atomic mass is 16.3. The summed E-state index contributed by atoms with van der Waals surface area (Å²) < 4.78 is 5.15. The molecule has 0 aliphatic heterocycles. The van der Waals surface area contributed by atoms with Crippen molar-refractivity contribution in [1.29, 1.82) is 0 Å². The van der Waals surface area contributed by atoms with Crippen molar-refractivity contribution in [3.8, 4) is 0 Å². The molecular formula is C9H15NO2. The maximum atomic E-state index is 9.04. The van der Waals surface area contributed by atoms with Gasteiger partial charge in [0, 0.05) is 5.41 Å². The topological polar surface area (TPSA) is 59.4 Å². The van der Waals surface area contributed by atoms with Crippen molar-refractivity contribution < 1.29 is 9.52 Å². The molecule has 0 fully saturated rings. The summed E-state index contributed by atoms with van der Waals surface area (Å²) in [6, 6.07) is 3.36. The number of hydrogen-bond donors (Lipinski definition) is 2. The monoisotopic (exact) mass is 169 g/mol. The van der Waals surface area contributed by atoms with E-state index in [1.807, 2.05) is 19.9 Å². The van der Waals surface area contributed by atoms with E-state index in [0.29, 0.717) is 5.76 Å². The van der Waals surface area contributed by atoms with Gasteiger partial charge in [-0.1, -0.05) is 13.8 Å². The molecule has 12 heavy (non-hydrogen) atoms. The molecule has 0 aliphatic rings. The molecule has 0 aromatic carbocycles. The summed E-state index contributed by atoms with van der Waals surface area (Å²) >= 11 is 0. The van der Waals surface area contributed by atoms with Crippen LogP contribution in [0.2, 0.25) is 0 Å². The third-order valence-electron chi connectivity index (χ3n) is 2.10. The van der Waals surface area contributed by atoms with E-state index in [4.69, 9.17) is 15.3 Å². The first-order valence-electron chi connectivity index (χ1n) is 3.98. The maximum absolute atomic E-state index is 9.04. The molecule has 0 aliphatic carbocycles. The Kier molecular flexibility index (Phi) is 2.55. The summed E-state index contributed by atoms with van der Waals surface area (Å²) in [5.41, 5.74) is 5.54. The van der Waals surface area contributed by atoms with E-state index < -0.39 is 0 Å². The molecule has 0 saturated heterocycles. The van der Waals surface area contributed by atoms with Crippen LogP contribution in [0.1, 0.15) is 25.6 Å². The van der Waals surface area contributed by atoms with Crippen molar-refractivity contribution in [2.45, 2.75) is 19.9 Å². The van der Waals surface area contributed by atoms with Crippen LogP contribution >= 0.6 is 0 Å². The lowest BCUT2D eigenvalue weighted by Crippen LogP contribution is -2.32. The minimum absolute atomic E-state index is 0.0505. The molecule has 3 heteroatoms. The Morgan fingerprint density at radius 1 is 1.67 bits per heavy atom. The highest BCUT2D eigenvalue weighted by Crippen LogP contribution is 2.30. The molecule has 3 N–H and O–H groups in total. The first-order valence-corrected chi connectivity index (χ1v) is 3.98. The quantitative estimate of drug-likeness (QED) is 0.717. The van der Waals surface area contributed by atoms with Crippen molar-refractivity contribution in [1.82, 2.24) is 0 Å². The number of furan rings is 1. The first kappa shape index (κ1) is 9.29. The van der Waals surface area contributed by atoms with Gasteiger partial charge in [-0.25, -0.2) is 0 Å². The van der Waals surface area contributed by atoms with Gasteiger partial charge in [-0.15, -0.1) is 0 Å². The SMILES string of the molecule is CC(C)(CO)[C@@H](N)c1ccco1. The molecular weight excluding hydrogens is 154 g/mol. The van der Waals surface area contributed by atoms with E-state index in [-0.39, 0.29) is 18.1 Å². The highest BCUT2D eigenvalue weighted by molar-refractivity contribution is 5.07. The fraction of sp³-hybridized carbons (Fsp3) is 0.556. The summed E-state index contributed by atoms with van der Waals surface area (Å²) in [6.45, 7) is 3.86. The van der Waals surface area contributed by atoms with Gasteiger partial charge in [0.25, 0.3) is 0 Å². The first-order chi connectivity index (χ1) is 5.58. The summed E-state index contributed by atoms with van der Waals surface area (Å²) in [5, 5.41) is 9.04. The second kappa shape index (κ2) is 3.29. The summed E-state index contributed by atoms with van der Waals surface area (Å²) in [5.74, 6) is 0.717. The second-order valence-electron chi connectivity index (χ2n) is 3.64. The molecule has 68 valence electrons. The van der Waals surface area contributed by atoms with Crippen LogP contribution in [0.3, 0.4) is 0 Å². The van der Waals surface area contributed by atoms with Gasteiger partial charge in [0.2, 0.25) is 0 Å². The lowest BCUT2D eigenvalue weighted by molar-refractivity contribution is 0.123. The van der Waals surface area contributed by atoms with Crippen molar-refractivity contribution in [2.24, 2.45) is 11.1 Å². The fourth-order valence-corrected chi connectivity index (χ4v) is 0.952. The standard InChI is InChI=1S/C9H15NO2/c1-9(2,6-11)8(10)7-4-3-5-12-7/h3-5,8,11H,6,10H2,1-2H3/t8-/m0/s1. The zero-order valence-corrected chi connectivity index (χ0v) is 7.45. The second-order valence-corrected chi connectivity index (χ2v) is 3.64.